The first-order chi connectivity index (χ1) is 12.1. The summed E-state index contributed by atoms with van der Waals surface area (Å²) >= 11 is 0. The van der Waals surface area contributed by atoms with Gasteiger partial charge in [-0.1, -0.05) is 64.7 Å². The largest absolute Gasteiger partial charge is 0.481 e. The number of carboxylic acid groups (broad SMARTS) is 1. The molecule has 6 heteroatoms. The molecule has 0 fully saturated rings. The molecular formula is C19H37NO5. The number of nitrogens with zero attached hydrogens (tertiary/aromatic N) is 1. The van der Waals surface area contributed by atoms with Crippen LogP contribution in [0.15, 0.2) is 0 Å². The van der Waals surface area contributed by atoms with Gasteiger partial charge in [-0.2, -0.15) is 0 Å². The van der Waals surface area contributed by atoms with Crippen molar-refractivity contribution in [1.29, 1.82) is 0 Å². The van der Waals surface area contributed by atoms with E-state index >= 15 is 0 Å². The highest BCUT2D eigenvalue weighted by atomic mass is 16.4. The van der Waals surface area contributed by atoms with E-state index in [-0.39, 0.29) is 38.6 Å². The van der Waals surface area contributed by atoms with Gasteiger partial charge in [0, 0.05) is 19.0 Å². The van der Waals surface area contributed by atoms with E-state index in [9.17, 15) is 9.59 Å². The molecule has 1 atom stereocenters. The van der Waals surface area contributed by atoms with Crippen LogP contribution in [0.25, 0.3) is 0 Å². The predicted molar refractivity (Wildman–Crippen MR) is 98.3 cm³/mol. The summed E-state index contributed by atoms with van der Waals surface area (Å²) in [6, 6.07) is 0. The zero-order chi connectivity index (χ0) is 18.9. The number of rotatable bonds is 17. The Kier molecular flexibility index (Phi) is 15.6. The minimum atomic E-state index is -0.984. The van der Waals surface area contributed by atoms with Crippen molar-refractivity contribution in [2.75, 3.05) is 26.3 Å². The normalized spacial score (nSPS) is 12.1. The number of aliphatic carboxylic acids is 1. The number of carbonyl (C=O) groups excluding carboxylic acids is 1. The summed E-state index contributed by atoms with van der Waals surface area (Å²) in [5.74, 6) is -1.83. The molecule has 6 nitrogen and oxygen atoms in total. The average molecular weight is 360 g/mol. The van der Waals surface area contributed by atoms with Crippen LogP contribution in [0.4, 0.5) is 0 Å². The molecular weight excluding hydrogens is 322 g/mol. The van der Waals surface area contributed by atoms with Crippen molar-refractivity contribution >= 4 is 11.9 Å². The van der Waals surface area contributed by atoms with Crippen molar-refractivity contribution in [1.82, 2.24) is 4.90 Å². The van der Waals surface area contributed by atoms with Crippen molar-refractivity contribution in [3.63, 3.8) is 0 Å². The van der Waals surface area contributed by atoms with Gasteiger partial charge in [0.2, 0.25) is 5.91 Å². The van der Waals surface area contributed by atoms with Crippen LogP contribution in [0.3, 0.4) is 0 Å². The molecule has 0 aliphatic rings. The van der Waals surface area contributed by atoms with Crippen molar-refractivity contribution in [2.45, 2.75) is 77.6 Å². The molecule has 25 heavy (non-hydrogen) atoms. The van der Waals surface area contributed by atoms with Gasteiger partial charge in [0.25, 0.3) is 0 Å². The highest BCUT2D eigenvalue weighted by Gasteiger charge is 2.25. The number of aliphatic hydroxyl groups excluding tert-OH is 2. The summed E-state index contributed by atoms with van der Waals surface area (Å²) in [6.07, 6.45) is 10.9. The molecule has 0 aliphatic carbocycles. The zero-order valence-electron chi connectivity index (χ0n) is 15.8. The van der Waals surface area contributed by atoms with Crippen LogP contribution >= 0.6 is 0 Å². The fourth-order valence-electron chi connectivity index (χ4n) is 3.06. The third kappa shape index (κ3) is 12.8. The number of carbonyl (C=O) groups is 2. The lowest BCUT2D eigenvalue weighted by atomic mass is 9.95. The van der Waals surface area contributed by atoms with Gasteiger partial charge in [0.15, 0.2) is 0 Å². The standard InChI is InChI=1S/C19H37NO5/c1-2-3-4-5-6-7-8-9-10-11-17(16-18(23)24)19(25)20(12-14-21)13-15-22/h17,21-22H,2-16H2,1H3,(H,23,24). The fraction of sp³-hybridized carbons (Fsp3) is 0.895. The minimum absolute atomic E-state index is 0.132. The molecule has 0 saturated heterocycles. The summed E-state index contributed by atoms with van der Waals surface area (Å²) in [7, 11) is 0. The van der Waals surface area contributed by atoms with Crippen LogP contribution in [0, 0.1) is 5.92 Å². The maximum absolute atomic E-state index is 12.5. The van der Waals surface area contributed by atoms with E-state index in [1.54, 1.807) is 0 Å². The van der Waals surface area contributed by atoms with E-state index in [1.807, 2.05) is 0 Å². The van der Waals surface area contributed by atoms with Crippen LogP contribution in [-0.2, 0) is 9.59 Å². The highest BCUT2D eigenvalue weighted by Crippen LogP contribution is 2.18. The molecule has 0 radical (unpaired) electrons. The molecule has 0 aromatic carbocycles. The number of carboxylic acids is 1. The second-order valence-electron chi connectivity index (χ2n) is 6.68. The van der Waals surface area contributed by atoms with Gasteiger partial charge in [-0.25, -0.2) is 0 Å². The minimum Gasteiger partial charge on any atom is -0.481 e. The third-order valence-electron chi connectivity index (χ3n) is 4.48. The van der Waals surface area contributed by atoms with Gasteiger partial charge in [0.05, 0.1) is 19.6 Å². The van der Waals surface area contributed by atoms with Crippen LogP contribution in [0.1, 0.15) is 77.6 Å². The van der Waals surface area contributed by atoms with Gasteiger partial charge >= 0.3 is 5.97 Å². The van der Waals surface area contributed by atoms with Gasteiger partial charge in [-0.15, -0.1) is 0 Å². The first-order valence-electron chi connectivity index (χ1n) is 9.79. The molecule has 0 rings (SSSR count). The maximum atomic E-state index is 12.5. The monoisotopic (exact) mass is 359 g/mol. The Balaban J connectivity index is 4.17. The Morgan fingerprint density at radius 2 is 1.32 bits per heavy atom. The van der Waals surface area contributed by atoms with Crippen molar-refractivity contribution in [3.05, 3.63) is 0 Å². The first kappa shape index (κ1) is 23.9. The Bertz CT molecular complexity index is 343. The van der Waals surface area contributed by atoms with E-state index < -0.39 is 11.9 Å². The Morgan fingerprint density at radius 3 is 1.76 bits per heavy atom. The molecule has 1 amide bonds. The summed E-state index contributed by atoms with van der Waals surface area (Å²) in [5.41, 5.74) is 0. The molecule has 1 unspecified atom stereocenters. The molecule has 148 valence electrons. The Labute approximate surface area is 152 Å². The van der Waals surface area contributed by atoms with Crippen molar-refractivity contribution in [3.8, 4) is 0 Å². The number of hydrogen-bond donors (Lipinski definition) is 3. The van der Waals surface area contributed by atoms with Gasteiger partial charge in [-0.05, 0) is 6.42 Å². The summed E-state index contributed by atoms with van der Waals surface area (Å²) in [5, 5.41) is 27.1. The Morgan fingerprint density at radius 1 is 0.840 bits per heavy atom. The molecule has 0 aliphatic heterocycles. The second kappa shape index (κ2) is 16.3. The topological polar surface area (TPSA) is 98.1 Å². The van der Waals surface area contributed by atoms with Gasteiger partial charge in [-0.3, -0.25) is 9.59 Å². The first-order valence-corrected chi connectivity index (χ1v) is 9.79. The quantitative estimate of drug-likeness (QED) is 0.347. The van der Waals surface area contributed by atoms with Crippen molar-refractivity contribution < 1.29 is 24.9 Å². The number of amides is 1. The van der Waals surface area contributed by atoms with E-state index in [0.717, 1.165) is 19.3 Å². The molecule has 0 heterocycles. The average Bonchev–Trinajstić information content (AvgIpc) is 2.58. The molecule has 0 spiro atoms. The predicted octanol–water partition coefficient (Wildman–Crippen LogP) is 2.81. The third-order valence-corrected chi connectivity index (χ3v) is 4.48. The number of unbranched alkanes of at least 4 members (excludes halogenated alkanes) is 8. The molecule has 0 aromatic heterocycles. The van der Waals surface area contributed by atoms with Crippen LogP contribution in [-0.4, -0.2) is 58.4 Å². The smallest absolute Gasteiger partial charge is 0.304 e. The van der Waals surface area contributed by atoms with E-state index in [1.165, 1.54) is 43.4 Å². The van der Waals surface area contributed by atoms with Crippen molar-refractivity contribution in [2.24, 2.45) is 5.92 Å². The van der Waals surface area contributed by atoms with E-state index in [4.69, 9.17) is 15.3 Å². The van der Waals surface area contributed by atoms with E-state index in [2.05, 4.69) is 6.92 Å². The van der Waals surface area contributed by atoms with Crippen LogP contribution < -0.4 is 0 Å². The van der Waals surface area contributed by atoms with Crippen LogP contribution in [0.5, 0.6) is 0 Å². The summed E-state index contributed by atoms with van der Waals surface area (Å²) in [6.45, 7) is 2.09. The molecule has 0 aromatic rings. The molecule has 0 bridgehead atoms. The number of hydrogen-bond acceptors (Lipinski definition) is 4. The van der Waals surface area contributed by atoms with Gasteiger partial charge < -0.3 is 20.2 Å². The fourth-order valence-corrected chi connectivity index (χ4v) is 3.06. The maximum Gasteiger partial charge on any atom is 0.304 e. The lowest BCUT2D eigenvalue weighted by Gasteiger charge is -2.25. The SMILES string of the molecule is CCCCCCCCCCCC(CC(=O)O)C(=O)N(CCO)CCO. The highest BCUT2D eigenvalue weighted by molar-refractivity contribution is 5.83. The van der Waals surface area contributed by atoms with Gasteiger partial charge in [0.1, 0.15) is 0 Å². The summed E-state index contributed by atoms with van der Waals surface area (Å²) in [4.78, 5) is 24.9. The molecule has 3 N–H and O–H groups in total. The lowest BCUT2D eigenvalue weighted by molar-refractivity contribution is -0.145. The summed E-state index contributed by atoms with van der Waals surface area (Å²) < 4.78 is 0. The molecule has 0 saturated carbocycles. The van der Waals surface area contributed by atoms with Crippen LogP contribution in [0.2, 0.25) is 0 Å². The lowest BCUT2D eigenvalue weighted by Crippen LogP contribution is -2.40. The van der Waals surface area contributed by atoms with E-state index in [0.29, 0.717) is 6.42 Å². The Hall–Kier alpha value is -1.14. The second-order valence-corrected chi connectivity index (χ2v) is 6.68. The number of aliphatic hydroxyl groups is 2. The zero-order valence-corrected chi connectivity index (χ0v) is 15.8.